The Bertz CT molecular complexity index is 226. The molecule has 1 aliphatic carbocycles. The maximum atomic E-state index is 11.6. The van der Waals surface area contributed by atoms with Crippen LogP contribution in [0.25, 0.3) is 0 Å². The summed E-state index contributed by atoms with van der Waals surface area (Å²) in [5, 5.41) is 12.2. The van der Waals surface area contributed by atoms with Gasteiger partial charge < -0.3 is 16.2 Å². The fraction of sp³-hybridized carbons (Fsp3) is 0.909. The Morgan fingerprint density at radius 1 is 1.62 bits per heavy atom. The topological polar surface area (TPSA) is 75.4 Å². The molecule has 0 heterocycles. The van der Waals surface area contributed by atoms with E-state index >= 15 is 0 Å². The van der Waals surface area contributed by atoms with Gasteiger partial charge >= 0.3 is 0 Å². The van der Waals surface area contributed by atoms with Gasteiger partial charge in [0.25, 0.3) is 0 Å². The van der Waals surface area contributed by atoms with Gasteiger partial charge in [0.15, 0.2) is 0 Å². The monoisotopic (exact) mass is 246 g/mol. The van der Waals surface area contributed by atoms with Gasteiger partial charge in [0, 0.05) is 6.54 Å². The minimum absolute atomic E-state index is 0.0598. The minimum atomic E-state index is -0.390. The van der Waals surface area contributed by atoms with Crippen LogP contribution < -0.4 is 11.1 Å². The normalized spacial score (nSPS) is 26.7. The Morgan fingerprint density at radius 2 is 2.38 bits per heavy atom. The van der Waals surface area contributed by atoms with Crippen molar-refractivity contribution in [3.63, 3.8) is 0 Å². The second-order valence-electron chi connectivity index (χ2n) is 4.47. The van der Waals surface area contributed by atoms with E-state index < -0.39 is 6.04 Å². The average Bonchev–Trinajstić information content (AvgIpc) is 2.68. The summed E-state index contributed by atoms with van der Waals surface area (Å²) in [7, 11) is 0. The zero-order valence-corrected chi connectivity index (χ0v) is 10.6. The molecule has 0 spiro atoms. The van der Waals surface area contributed by atoms with Crippen molar-refractivity contribution in [1.82, 2.24) is 5.32 Å². The van der Waals surface area contributed by atoms with Crippen LogP contribution in [0.4, 0.5) is 0 Å². The molecule has 3 atom stereocenters. The lowest BCUT2D eigenvalue weighted by Crippen LogP contribution is -2.42. The Balaban J connectivity index is 2.14. The van der Waals surface area contributed by atoms with E-state index in [1.165, 1.54) is 0 Å². The average molecular weight is 246 g/mol. The molecule has 1 fully saturated rings. The van der Waals surface area contributed by atoms with E-state index in [4.69, 9.17) is 5.73 Å². The van der Waals surface area contributed by atoms with E-state index in [9.17, 15) is 9.90 Å². The van der Waals surface area contributed by atoms with E-state index in [1.54, 1.807) is 11.8 Å². The quantitative estimate of drug-likeness (QED) is 0.632. The Labute approximate surface area is 101 Å². The molecule has 0 aliphatic heterocycles. The summed E-state index contributed by atoms with van der Waals surface area (Å²) in [4.78, 5) is 11.6. The molecule has 0 saturated heterocycles. The maximum absolute atomic E-state index is 11.6. The van der Waals surface area contributed by atoms with Gasteiger partial charge in [0.05, 0.1) is 12.1 Å². The van der Waals surface area contributed by atoms with Gasteiger partial charge in [0.2, 0.25) is 5.91 Å². The first-order valence-corrected chi connectivity index (χ1v) is 7.23. The maximum Gasteiger partial charge on any atom is 0.236 e. The van der Waals surface area contributed by atoms with Gasteiger partial charge in [-0.1, -0.05) is 0 Å². The Morgan fingerprint density at radius 3 is 2.94 bits per heavy atom. The molecule has 16 heavy (non-hydrogen) atoms. The highest BCUT2D eigenvalue weighted by molar-refractivity contribution is 7.98. The van der Waals surface area contributed by atoms with Crippen molar-refractivity contribution in [2.24, 2.45) is 11.7 Å². The summed E-state index contributed by atoms with van der Waals surface area (Å²) < 4.78 is 0. The molecule has 94 valence electrons. The third kappa shape index (κ3) is 4.72. The molecule has 4 nitrogen and oxygen atoms in total. The van der Waals surface area contributed by atoms with Crippen LogP contribution in [0, 0.1) is 5.92 Å². The van der Waals surface area contributed by atoms with Crippen molar-refractivity contribution in [2.75, 3.05) is 18.6 Å². The summed E-state index contributed by atoms with van der Waals surface area (Å²) in [5.74, 6) is 1.28. The van der Waals surface area contributed by atoms with Gasteiger partial charge in [-0.15, -0.1) is 0 Å². The van der Waals surface area contributed by atoms with Gasteiger partial charge in [-0.2, -0.15) is 11.8 Å². The zero-order valence-electron chi connectivity index (χ0n) is 9.82. The molecule has 5 heteroatoms. The zero-order chi connectivity index (χ0) is 12.0. The molecular weight excluding hydrogens is 224 g/mol. The number of carbonyl (C=O) groups is 1. The van der Waals surface area contributed by atoms with Crippen LogP contribution in [0.15, 0.2) is 0 Å². The number of hydrogen-bond acceptors (Lipinski definition) is 4. The number of nitrogens with one attached hydrogen (secondary N) is 1. The number of aliphatic hydroxyl groups excluding tert-OH is 1. The van der Waals surface area contributed by atoms with Crippen LogP contribution in [0.3, 0.4) is 0 Å². The first-order valence-electron chi connectivity index (χ1n) is 5.83. The molecule has 0 radical (unpaired) electrons. The highest BCUT2D eigenvalue weighted by Crippen LogP contribution is 2.24. The van der Waals surface area contributed by atoms with Crippen molar-refractivity contribution in [1.29, 1.82) is 0 Å². The lowest BCUT2D eigenvalue weighted by molar-refractivity contribution is -0.122. The molecule has 0 bridgehead atoms. The molecular formula is C11H22N2O2S. The van der Waals surface area contributed by atoms with Crippen molar-refractivity contribution >= 4 is 17.7 Å². The highest BCUT2D eigenvalue weighted by Gasteiger charge is 2.23. The smallest absolute Gasteiger partial charge is 0.236 e. The van der Waals surface area contributed by atoms with Crippen LogP contribution in [-0.4, -0.2) is 41.7 Å². The van der Waals surface area contributed by atoms with Crippen molar-refractivity contribution in [3.8, 4) is 0 Å². The van der Waals surface area contributed by atoms with E-state index in [-0.39, 0.29) is 12.0 Å². The number of hydrogen-bond donors (Lipinski definition) is 3. The molecule has 0 aromatic rings. The summed E-state index contributed by atoms with van der Waals surface area (Å²) in [6.45, 7) is 0.656. The molecule has 1 rings (SSSR count). The summed E-state index contributed by atoms with van der Waals surface area (Å²) in [5.41, 5.74) is 5.74. The van der Waals surface area contributed by atoms with Crippen LogP contribution in [0.5, 0.6) is 0 Å². The second-order valence-corrected chi connectivity index (χ2v) is 5.45. The van der Waals surface area contributed by atoms with Gasteiger partial charge in [-0.05, 0) is 43.6 Å². The predicted molar refractivity (Wildman–Crippen MR) is 67.3 cm³/mol. The van der Waals surface area contributed by atoms with Gasteiger partial charge in [-0.25, -0.2) is 0 Å². The first-order chi connectivity index (χ1) is 7.63. The fourth-order valence-corrected chi connectivity index (χ4v) is 2.48. The van der Waals surface area contributed by atoms with Crippen LogP contribution in [-0.2, 0) is 4.79 Å². The van der Waals surface area contributed by atoms with E-state index in [0.717, 1.165) is 31.4 Å². The lowest BCUT2D eigenvalue weighted by atomic mass is 10.1. The number of amides is 1. The van der Waals surface area contributed by atoms with Crippen LogP contribution in [0.1, 0.15) is 25.7 Å². The highest BCUT2D eigenvalue weighted by atomic mass is 32.2. The Kier molecular flexibility index (Phi) is 6.16. The van der Waals surface area contributed by atoms with Crippen molar-refractivity contribution < 1.29 is 9.90 Å². The van der Waals surface area contributed by atoms with Gasteiger partial charge in [0.1, 0.15) is 0 Å². The molecule has 4 N–H and O–H groups in total. The number of nitrogens with two attached hydrogens (primary N) is 1. The number of aliphatic hydroxyl groups is 1. The van der Waals surface area contributed by atoms with Crippen LogP contribution in [0.2, 0.25) is 0 Å². The van der Waals surface area contributed by atoms with E-state index in [2.05, 4.69) is 5.32 Å². The van der Waals surface area contributed by atoms with E-state index in [0.29, 0.717) is 12.5 Å². The molecule has 0 aromatic heterocycles. The van der Waals surface area contributed by atoms with E-state index in [1.807, 2.05) is 6.26 Å². The lowest BCUT2D eigenvalue weighted by Gasteiger charge is -2.14. The second kappa shape index (κ2) is 7.14. The van der Waals surface area contributed by atoms with Crippen molar-refractivity contribution in [3.05, 3.63) is 0 Å². The SMILES string of the molecule is CSCC[C@H](N)C(=O)NCC1CCC(O)C1. The van der Waals surface area contributed by atoms with Crippen LogP contribution >= 0.6 is 11.8 Å². The number of carbonyl (C=O) groups excluding carboxylic acids is 1. The Hall–Kier alpha value is -0.260. The third-order valence-electron chi connectivity index (χ3n) is 3.05. The minimum Gasteiger partial charge on any atom is -0.393 e. The molecule has 1 saturated carbocycles. The predicted octanol–water partition coefficient (Wildman–Crippen LogP) is 0.344. The third-order valence-corrected chi connectivity index (χ3v) is 3.69. The number of thioether (sulfide) groups is 1. The largest absolute Gasteiger partial charge is 0.393 e. The molecule has 2 unspecified atom stereocenters. The fourth-order valence-electron chi connectivity index (χ4n) is 1.99. The molecule has 0 aromatic carbocycles. The molecule has 1 amide bonds. The molecule has 1 aliphatic rings. The van der Waals surface area contributed by atoms with Gasteiger partial charge in [-0.3, -0.25) is 4.79 Å². The standard InChI is InChI=1S/C11H22N2O2S/c1-16-5-4-10(12)11(15)13-7-8-2-3-9(14)6-8/h8-10,14H,2-7,12H2,1H3,(H,13,15)/t8?,9?,10-/m0/s1. The summed E-state index contributed by atoms with van der Waals surface area (Å²) in [6, 6.07) is -0.390. The first kappa shape index (κ1) is 13.8. The number of rotatable bonds is 6. The van der Waals surface area contributed by atoms with Crippen molar-refractivity contribution in [2.45, 2.75) is 37.8 Å². The summed E-state index contributed by atoms with van der Waals surface area (Å²) in [6.07, 6.45) is 5.22. The summed E-state index contributed by atoms with van der Waals surface area (Å²) >= 11 is 1.70.